The van der Waals surface area contributed by atoms with Gasteiger partial charge in [-0.25, -0.2) is 0 Å². The minimum atomic E-state index is 1.03. The Morgan fingerprint density at radius 3 is 1.80 bits per heavy atom. The van der Waals surface area contributed by atoms with Crippen LogP contribution in [0, 0.1) is 0 Å². The molecule has 0 heterocycles. The summed E-state index contributed by atoms with van der Waals surface area (Å²) in [6, 6.07) is 27.9. The molecule has 0 aromatic heterocycles. The van der Waals surface area contributed by atoms with Crippen molar-refractivity contribution in [1.29, 1.82) is 0 Å². The van der Waals surface area contributed by atoms with Crippen LogP contribution in [0.3, 0.4) is 0 Å². The van der Waals surface area contributed by atoms with Crippen LogP contribution in [0.25, 0.3) is 73.7 Å². The first kappa shape index (κ1) is 26.4. The highest BCUT2D eigenvalue weighted by Crippen LogP contribution is 2.43. The maximum absolute atomic E-state index is 4.25. The molecule has 0 saturated heterocycles. The fourth-order valence-corrected chi connectivity index (χ4v) is 5.76. The Hall–Kier alpha value is -5.20. The molecular weight excluding hydrogens is 480 g/mol. The third kappa shape index (κ3) is 4.30. The van der Waals surface area contributed by atoms with Crippen molar-refractivity contribution < 1.29 is 0 Å². The van der Waals surface area contributed by atoms with Crippen LogP contribution in [0.1, 0.15) is 27.8 Å². The standard InChI is InChI=1S/C40H32/c1-7-18-27(8-2)32-20-13-14-21-34(32)39-26-38-31(12-6)30(11-5)37(25-40(38)36-23-16-15-22-35(36)39)33-24-17-19-28(9-3)29(33)10-4/h7-26H,1-6H2/b27-18+. The van der Waals surface area contributed by atoms with E-state index in [9.17, 15) is 0 Å². The third-order valence-corrected chi connectivity index (χ3v) is 7.55. The minimum absolute atomic E-state index is 1.03. The lowest BCUT2D eigenvalue weighted by Crippen LogP contribution is -1.96. The lowest BCUT2D eigenvalue weighted by molar-refractivity contribution is 1.56. The summed E-state index contributed by atoms with van der Waals surface area (Å²) >= 11 is 0. The van der Waals surface area contributed by atoms with Crippen LogP contribution in [0.2, 0.25) is 0 Å². The molecule has 0 aliphatic heterocycles. The Kier molecular flexibility index (Phi) is 7.44. The molecule has 40 heavy (non-hydrogen) atoms. The van der Waals surface area contributed by atoms with Crippen molar-refractivity contribution >= 4 is 51.4 Å². The lowest BCUT2D eigenvalue weighted by atomic mass is 9.83. The highest BCUT2D eigenvalue weighted by molar-refractivity contribution is 6.18. The van der Waals surface area contributed by atoms with Crippen molar-refractivity contribution in [2.45, 2.75) is 0 Å². The second-order valence-electron chi connectivity index (χ2n) is 9.55. The van der Waals surface area contributed by atoms with Gasteiger partial charge in [-0.05, 0) is 89.3 Å². The Bertz CT molecular complexity index is 1890. The predicted molar refractivity (Wildman–Crippen MR) is 181 cm³/mol. The van der Waals surface area contributed by atoms with Crippen LogP contribution in [-0.4, -0.2) is 0 Å². The molecule has 0 N–H and O–H groups in total. The van der Waals surface area contributed by atoms with Gasteiger partial charge in [0.05, 0.1) is 0 Å². The topological polar surface area (TPSA) is 0 Å². The predicted octanol–water partition coefficient (Wildman–Crippen LogP) is 11.7. The summed E-state index contributed by atoms with van der Waals surface area (Å²) in [5.74, 6) is 0. The third-order valence-electron chi connectivity index (χ3n) is 7.55. The van der Waals surface area contributed by atoms with Gasteiger partial charge in [0.1, 0.15) is 0 Å². The van der Waals surface area contributed by atoms with E-state index in [0.29, 0.717) is 0 Å². The highest BCUT2D eigenvalue weighted by Gasteiger charge is 2.19. The summed E-state index contributed by atoms with van der Waals surface area (Å²) in [4.78, 5) is 0. The molecule has 0 radical (unpaired) electrons. The second kappa shape index (κ2) is 11.3. The summed E-state index contributed by atoms with van der Waals surface area (Å²) in [5, 5.41) is 4.65. The maximum atomic E-state index is 4.25. The van der Waals surface area contributed by atoms with E-state index in [-0.39, 0.29) is 0 Å². The molecular formula is C40H32. The lowest BCUT2D eigenvalue weighted by Gasteiger charge is -2.20. The van der Waals surface area contributed by atoms with Gasteiger partial charge in [0.15, 0.2) is 0 Å². The van der Waals surface area contributed by atoms with E-state index in [0.717, 1.165) is 66.4 Å². The fourth-order valence-electron chi connectivity index (χ4n) is 5.76. The number of hydrogen-bond donors (Lipinski definition) is 0. The van der Waals surface area contributed by atoms with Crippen molar-refractivity contribution in [3.8, 4) is 22.3 Å². The zero-order valence-corrected chi connectivity index (χ0v) is 22.8. The summed E-state index contributed by atoms with van der Waals surface area (Å²) in [6.45, 7) is 24.6. The number of benzene rings is 5. The second-order valence-corrected chi connectivity index (χ2v) is 9.55. The van der Waals surface area contributed by atoms with Crippen molar-refractivity contribution in [2.75, 3.05) is 0 Å². The van der Waals surface area contributed by atoms with Crippen LogP contribution in [0.5, 0.6) is 0 Å². The molecule has 0 spiro atoms. The van der Waals surface area contributed by atoms with Crippen molar-refractivity contribution in [3.63, 3.8) is 0 Å². The van der Waals surface area contributed by atoms with E-state index >= 15 is 0 Å². The van der Waals surface area contributed by atoms with Gasteiger partial charge in [-0.1, -0.05) is 149 Å². The Morgan fingerprint density at radius 2 is 1.12 bits per heavy atom. The van der Waals surface area contributed by atoms with Gasteiger partial charge in [-0.15, -0.1) is 0 Å². The van der Waals surface area contributed by atoms with E-state index in [1.165, 1.54) is 10.8 Å². The SMILES string of the molecule is C=C/C=C(\C=C)c1ccccc1-c1cc2c(C=C)c(C=C)c(-c3cccc(C=C)c3C=C)cc2c2ccccc12. The average Bonchev–Trinajstić information content (AvgIpc) is 3.01. The van der Waals surface area contributed by atoms with Crippen LogP contribution in [0.4, 0.5) is 0 Å². The van der Waals surface area contributed by atoms with Gasteiger partial charge in [0.2, 0.25) is 0 Å². The van der Waals surface area contributed by atoms with Gasteiger partial charge >= 0.3 is 0 Å². The first-order valence-corrected chi connectivity index (χ1v) is 13.3. The molecule has 192 valence electrons. The molecule has 0 amide bonds. The number of fused-ring (bicyclic) bond motifs is 3. The normalized spacial score (nSPS) is 11.2. The van der Waals surface area contributed by atoms with Gasteiger partial charge in [0, 0.05) is 0 Å². The minimum Gasteiger partial charge on any atom is -0.0990 e. The van der Waals surface area contributed by atoms with Crippen LogP contribution in [-0.2, 0) is 0 Å². The summed E-state index contributed by atoms with van der Waals surface area (Å²) in [6.07, 6.45) is 13.4. The van der Waals surface area contributed by atoms with Crippen LogP contribution in [0.15, 0.2) is 137 Å². The van der Waals surface area contributed by atoms with E-state index in [2.05, 4.69) is 118 Å². The zero-order valence-electron chi connectivity index (χ0n) is 22.8. The average molecular weight is 513 g/mol. The molecule has 5 aromatic rings. The first-order chi connectivity index (χ1) is 19.6. The number of hydrogen-bond acceptors (Lipinski definition) is 0. The zero-order chi connectivity index (χ0) is 28.2. The van der Waals surface area contributed by atoms with Gasteiger partial charge in [0.25, 0.3) is 0 Å². The van der Waals surface area contributed by atoms with Gasteiger partial charge < -0.3 is 0 Å². The summed E-state index contributed by atoms with van der Waals surface area (Å²) in [7, 11) is 0. The molecule has 0 fully saturated rings. The van der Waals surface area contributed by atoms with Gasteiger partial charge in [-0.3, -0.25) is 0 Å². The largest absolute Gasteiger partial charge is 0.0990 e. The van der Waals surface area contributed by atoms with Crippen molar-refractivity contribution in [1.82, 2.24) is 0 Å². The van der Waals surface area contributed by atoms with Crippen molar-refractivity contribution in [2.24, 2.45) is 0 Å². The van der Waals surface area contributed by atoms with Crippen molar-refractivity contribution in [3.05, 3.63) is 164 Å². The fraction of sp³-hybridized carbons (Fsp3) is 0. The Balaban J connectivity index is 1.96. The van der Waals surface area contributed by atoms with Crippen LogP contribution >= 0.6 is 0 Å². The number of allylic oxidation sites excluding steroid dienone is 4. The molecule has 0 aliphatic carbocycles. The molecule has 0 nitrogen and oxygen atoms in total. The quantitative estimate of drug-likeness (QED) is 0.136. The molecule has 0 bridgehead atoms. The summed E-state index contributed by atoms with van der Waals surface area (Å²) < 4.78 is 0. The Labute approximate surface area is 237 Å². The van der Waals surface area contributed by atoms with E-state index in [1.54, 1.807) is 6.08 Å². The highest BCUT2D eigenvalue weighted by atomic mass is 14.2. The molecule has 0 unspecified atom stereocenters. The molecule has 0 saturated carbocycles. The molecule has 0 heteroatoms. The molecule has 5 aromatic carbocycles. The maximum Gasteiger partial charge on any atom is -0.00923 e. The first-order valence-electron chi connectivity index (χ1n) is 13.3. The van der Waals surface area contributed by atoms with Gasteiger partial charge in [-0.2, -0.15) is 0 Å². The van der Waals surface area contributed by atoms with E-state index in [1.807, 2.05) is 36.5 Å². The van der Waals surface area contributed by atoms with E-state index in [4.69, 9.17) is 0 Å². The monoisotopic (exact) mass is 512 g/mol. The van der Waals surface area contributed by atoms with Crippen LogP contribution < -0.4 is 0 Å². The van der Waals surface area contributed by atoms with E-state index < -0.39 is 0 Å². The summed E-state index contributed by atoms with van der Waals surface area (Å²) in [5.41, 5.74) is 10.8. The Morgan fingerprint density at radius 1 is 0.475 bits per heavy atom. The smallest absolute Gasteiger partial charge is 0.00923 e. The molecule has 5 rings (SSSR count). The molecule has 0 aliphatic rings. The molecule has 0 atom stereocenters. The number of rotatable bonds is 9.